The Labute approximate surface area is 319 Å². The molecule has 0 unspecified atom stereocenters. The summed E-state index contributed by atoms with van der Waals surface area (Å²) in [5.74, 6) is -0.364. The molecule has 2 rings (SSSR count). The lowest BCUT2D eigenvalue weighted by atomic mass is 10.2. The molecule has 0 aromatic heterocycles. The van der Waals surface area contributed by atoms with E-state index in [4.69, 9.17) is 61.0 Å². The third-order valence-electron chi connectivity index (χ3n) is 6.69. The summed E-state index contributed by atoms with van der Waals surface area (Å²) in [4.78, 5) is 11.9. The second kappa shape index (κ2) is 34.8. The maximum atomic E-state index is 12.0. The highest BCUT2D eigenvalue weighted by Crippen LogP contribution is 2.10. The predicted octanol–water partition coefficient (Wildman–Crippen LogP) is 2.43. The first kappa shape index (κ1) is 47.5. The van der Waals surface area contributed by atoms with Gasteiger partial charge in [0, 0.05) is 0 Å². The van der Waals surface area contributed by atoms with E-state index < -0.39 is 10.1 Å². The van der Waals surface area contributed by atoms with Crippen LogP contribution in [-0.2, 0) is 71.1 Å². The fourth-order valence-electron chi connectivity index (χ4n) is 4.01. The lowest BCUT2D eigenvalue weighted by Crippen LogP contribution is -2.16. The molecule has 2 aromatic rings. The summed E-state index contributed by atoms with van der Waals surface area (Å²) in [6, 6.07) is 16.8. The number of hydrogen-bond donors (Lipinski definition) is 0. The molecule has 0 aliphatic carbocycles. The van der Waals surface area contributed by atoms with Crippen molar-refractivity contribution < 1.29 is 74.2 Å². The molecule has 0 spiro atoms. The van der Waals surface area contributed by atoms with Gasteiger partial charge in [-0.15, -0.1) is 0 Å². The number of benzene rings is 2. The van der Waals surface area contributed by atoms with Crippen LogP contribution in [0.25, 0.3) is 0 Å². The standard InChI is InChI=1S/C37H58O16S/c38-37(35-7-3-1-4-8-35)52-33-31-50-29-27-48-25-23-46-21-19-44-17-15-42-13-11-41-12-14-43-16-18-45-20-22-47-24-26-49-28-30-51-32-34-53-54(39,40)36-9-5-2-6-10-36/h1-10H,11-34H2. The quantitative estimate of drug-likeness (QED) is 0.0549. The van der Waals surface area contributed by atoms with Gasteiger partial charge in [-0.3, -0.25) is 4.18 Å². The normalized spacial score (nSPS) is 11.6. The zero-order chi connectivity index (χ0) is 38.5. The fourth-order valence-corrected chi connectivity index (χ4v) is 4.92. The van der Waals surface area contributed by atoms with Crippen molar-refractivity contribution in [2.75, 3.05) is 159 Å². The van der Waals surface area contributed by atoms with Gasteiger partial charge in [0.2, 0.25) is 0 Å². The molecule has 2 aromatic carbocycles. The molecule has 0 heterocycles. The number of hydrogen-bond acceptors (Lipinski definition) is 16. The molecule has 0 bridgehead atoms. The van der Waals surface area contributed by atoms with Crippen molar-refractivity contribution in [3.63, 3.8) is 0 Å². The van der Waals surface area contributed by atoms with Crippen LogP contribution in [0.5, 0.6) is 0 Å². The second-order valence-corrected chi connectivity index (χ2v) is 12.4. The lowest BCUT2D eigenvalue weighted by molar-refractivity contribution is -0.0282. The molecule has 308 valence electrons. The Morgan fingerprint density at radius 2 is 0.611 bits per heavy atom. The molecule has 17 heteroatoms. The molecule has 0 aliphatic rings. The summed E-state index contributed by atoms with van der Waals surface area (Å²) >= 11 is 0. The van der Waals surface area contributed by atoms with Crippen LogP contribution in [0.15, 0.2) is 65.6 Å². The van der Waals surface area contributed by atoms with E-state index in [1.54, 1.807) is 42.5 Å². The van der Waals surface area contributed by atoms with Crippen LogP contribution in [0.1, 0.15) is 10.4 Å². The van der Waals surface area contributed by atoms with Gasteiger partial charge in [-0.1, -0.05) is 36.4 Å². The molecular weight excluding hydrogens is 732 g/mol. The van der Waals surface area contributed by atoms with E-state index >= 15 is 0 Å². The molecule has 54 heavy (non-hydrogen) atoms. The first-order valence-electron chi connectivity index (χ1n) is 18.1. The SMILES string of the molecule is O=C(OCCOCCOCCOCCOCCOCCOCCOCCOCCOCCOCCOCCOS(=O)(=O)c1ccccc1)c1ccccc1. The number of rotatable bonds is 39. The van der Waals surface area contributed by atoms with Gasteiger partial charge in [0.25, 0.3) is 10.1 Å². The molecule has 16 nitrogen and oxygen atoms in total. The molecule has 0 amide bonds. The summed E-state index contributed by atoms with van der Waals surface area (Å²) in [6.07, 6.45) is 0. The van der Waals surface area contributed by atoms with Crippen LogP contribution >= 0.6 is 0 Å². The van der Waals surface area contributed by atoms with E-state index in [-0.39, 0.29) is 30.7 Å². The summed E-state index contributed by atoms with van der Waals surface area (Å²) in [5.41, 5.74) is 0.518. The molecule has 0 saturated heterocycles. The van der Waals surface area contributed by atoms with Gasteiger partial charge in [-0.25, -0.2) is 4.79 Å². The Morgan fingerprint density at radius 1 is 0.352 bits per heavy atom. The van der Waals surface area contributed by atoms with Gasteiger partial charge in [-0.05, 0) is 24.3 Å². The average Bonchev–Trinajstić information content (AvgIpc) is 3.19. The molecule has 0 aliphatic heterocycles. The number of carbonyl (C=O) groups excluding carboxylic acids is 1. The Kier molecular flexibility index (Phi) is 30.7. The van der Waals surface area contributed by atoms with E-state index in [1.807, 2.05) is 6.07 Å². The van der Waals surface area contributed by atoms with E-state index in [0.717, 1.165) is 0 Å². The molecule has 0 N–H and O–H groups in total. The van der Waals surface area contributed by atoms with Gasteiger partial charge < -0.3 is 56.8 Å². The average molecular weight is 791 g/mol. The fraction of sp³-hybridized carbons (Fsp3) is 0.649. The van der Waals surface area contributed by atoms with Gasteiger partial charge in [0.05, 0.1) is 162 Å². The largest absolute Gasteiger partial charge is 0.460 e. The first-order valence-corrected chi connectivity index (χ1v) is 19.5. The zero-order valence-electron chi connectivity index (χ0n) is 31.2. The molecule has 0 atom stereocenters. The van der Waals surface area contributed by atoms with Crippen LogP contribution in [-0.4, -0.2) is 173 Å². The Balaban J connectivity index is 1.15. The smallest absolute Gasteiger partial charge is 0.338 e. The number of carbonyl (C=O) groups is 1. The molecule has 0 fully saturated rings. The first-order chi connectivity index (χ1) is 26.6. The number of ether oxygens (including phenoxy) is 12. The molecule has 0 saturated carbocycles. The van der Waals surface area contributed by atoms with E-state index in [1.165, 1.54) is 12.1 Å². The summed E-state index contributed by atoms with van der Waals surface area (Å²) < 4.78 is 93.9. The minimum atomic E-state index is -3.76. The topological polar surface area (TPSA) is 171 Å². The minimum absolute atomic E-state index is 0.0645. The zero-order valence-corrected chi connectivity index (χ0v) is 32.0. The van der Waals surface area contributed by atoms with Crippen molar-refractivity contribution in [1.82, 2.24) is 0 Å². The number of esters is 1. The van der Waals surface area contributed by atoms with Crippen molar-refractivity contribution in [3.05, 3.63) is 66.2 Å². The third-order valence-corrected chi connectivity index (χ3v) is 8.01. The van der Waals surface area contributed by atoms with Crippen LogP contribution in [0.2, 0.25) is 0 Å². The van der Waals surface area contributed by atoms with Gasteiger partial charge in [-0.2, -0.15) is 8.42 Å². The Morgan fingerprint density at radius 3 is 0.926 bits per heavy atom. The summed E-state index contributed by atoms with van der Waals surface area (Å²) in [6.45, 7) is 9.47. The van der Waals surface area contributed by atoms with E-state index in [0.29, 0.717) is 144 Å². The van der Waals surface area contributed by atoms with Crippen LogP contribution in [0.4, 0.5) is 0 Å². The maximum Gasteiger partial charge on any atom is 0.338 e. The predicted molar refractivity (Wildman–Crippen MR) is 195 cm³/mol. The highest BCUT2D eigenvalue weighted by Gasteiger charge is 2.13. The lowest BCUT2D eigenvalue weighted by Gasteiger charge is -2.09. The molecule has 0 radical (unpaired) electrons. The highest BCUT2D eigenvalue weighted by molar-refractivity contribution is 7.86. The van der Waals surface area contributed by atoms with Gasteiger partial charge in [0.1, 0.15) is 6.61 Å². The van der Waals surface area contributed by atoms with Crippen molar-refractivity contribution in [2.45, 2.75) is 4.90 Å². The Hall–Kier alpha value is -2.62. The second-order valence-electron chi connectivity index (χ2n) is 10.8. The molecular formula is C37H58O16S. The van der Waals surface area contributed by atoms with Crippen LogP contribution in [0.3, 0.4) is 0 Å². The van der Waals surface area contributed by atoms with Crippen molar-refractivity contribution in [3.8, 4) is 0 Å². The van der Waals surface area contributed by atoms with Crippen LogP contribution in [0, 0.1) is 0 Å². The maximum absolute atomic E-state index is 12.0. The van der Waals surface area contributed by atoms with E-state index in [2.05, 4.69) is 0 Å². The van der Waals surface area contributed by atoms with Crippen LogP contribution < -0.4 is 0 Å². The Bertz CT molecular complexity index is 1220. The van der Waals surface area contributed by atoms with E-state index in [9.17, 15) is 13.2 Å². The monoisotopic (exact) mass is 790 g/mol. The summed E-state index contributed by atoms with van der Waals surface area (Å²) in [5, 5.41) is 0. The summed E-state index contributed by atoms with van der Waals surface area (Å²) in [7, 11) is -3.76. The third kappa shape index (κ3) is 27.9. The van der Waals surface area contributed by atoms with Crippen molar-refractivity contribution in [2.24, 2.45) is 0 Å². The van der Waals surface area contributed by atoms with Crippen molar-refractivity contribution in [1.29, 1.82) is 0 Å². The minimum Gasteiger partial charge on any atom is -0.460 e. The van der Waals surface area contributed by atoms with Gasteiger partial charge >= 0.3 is 5.97 Å². The highest BCUT2D eigenvalue weighted by atomic mass is 32.2. The van der Waals surface area contributed by atoms with Crippen molar-refractivity contribution >= 4 is 16.1 Å². The van der Waals surface area contributed by atoms with Gasteiger partial charge in [0.15, 0.2) is 0 Å².